The molecule has 0 aromatic heterocycles. The van der Waals surface area contributed by atoms with Crippen LogP contribution in [0.2, 0.25) is 0 Å². The Morgan fingerprint density at radius 1 is 1.33 bits per heavy atom. The van der Waals surface area contributed by atoms with Gasteiger partial charge in [0.25, 0.3) is 0 Å². The highest BCUT2D eigenvalue weighted by Gasteiger charge is 2.38. The third-order valence-corrected chi connectivity index (χ3v) is 4.72. The second kappa shape index (κ2) is 6.71. The van der Waals surface area contributed by atoms with Crippen LogP contribution in [0.15, 0.2) is 28.7 Å². The average Bonchev–Trinajstić information content (AvgIpc) is 2.82. The van der Waals surface area contributed by atoms with E-state index in [0.717, 1.165) is 36.0 Å². The molecule has 0 saturated carbocycles. The van der Waals surface area contributed by atoms with E-state index < -0.39 is 5.41 Å². The summed E-state index contributed by atoms with van der Waals surface area (Å²) in [6, 6.07) is 7.44. The van der Waals surface area contributed by atoms with Gasteiger partial charge in [-0.15, -0.1) is 0 Å². The van der Waals surface area contributed by atoms with Crippen LogP contribution in [0.5, 0.6) is 0 Å². The van der Waals surface area contributed by atoms with Crippen LogP contribution in [-0.4, -0.2) is 36.2 Å². The molecule has 1 atom stereocenters. The highest BCUT2D eigenvalue weighted by Crippen LogP contribution is 2.29. The van der Waals surface area contributed by atoms with Crippen molar-refractivity contribution in [1.82, 2.24) is 4.90 Å². The first-order chi connectivity index (χ1) is 9.90. The second-order valence-corrected chi connectivity index (χ2v) is 6.90. The molecule has 1 aromatic carbocycles. The van der Waals surface area contributed by atoms with Gasteiger partial charge in [0.15, 0.2) is 5.78 Å². The zero-order valence-corrected chi connectivity index (χ0v) is 13.9. The summed E-state index contributed by atoms with van der Waals surface area (Å²) < 4.78 is 0.974. The van der Waals surface area contributed by atoms with Crippen molar-refractivity contribution in [2.75, 3.05) is 19.6 Å². The molecule has 1 amide bonds. The number of rotatable bonds is 6. The standard InChI is InChI=1S/C16H21BrN2O2/c1-16(15(18)21)8-10-19(11-16)9-2-3-14(20)12-4-6-13(17)7-5-12/h4-7H,2-3,8-11H2,1H3,(H2,18,21). The fraction of sp³-hybridized carbons (Fsp3) is 0.500. The Morgan fingerprint density at radius 2 is 2.00 bits per heavy atom. The lowest BCUT2D eigenvalue weighted by Crippen LogP contribution is -2.37. The molecule has 0 bridgehead atoms. The van der Waals surface area contributed by atoms with Gasteiger partial charge < -0.3 is 10.6 Å². The molecule has 0 radical (unpaired) electrons. The number of carbonyl (C=O) groups excluding carboxylic acids is 2. The van der Waals surface area contributed by atoms with Crippen LogP contribution in [0.1, 0.15) is 36.5 Å². The summed E-state index contributed by atoms with van der Waals surface area (Å²) in [4.78, 5) is 25.7. The number of likely N-dealkylation sites (tertiary alicyclic amines) is 1. The van der Waals surface area contributed by atoms with E-state index in [0.29, 0.717) is 13.0 Å². The lowest BCUT2D eigenvalue weighted by molar-refractivity contribution is -0.126. The molecule has 2 rings (SSSR count). The molecule has 1 unspecified atom stereocenters. The Kier molecular flexibility index (Phi) is 5.17. The van der Waals surface area contributed by atoms with Crippen molar-refractivity contribution in [1.29, 1.82) is 0 Å². The smallest absolute Gasteiger partial charge is 0.224 e. The Hall–Kier alpha value is -1.20. The maximum absolute atomic E-state index is 12.1. The molecule has 1 fully saturated rings. The fourth-order valence-corrected chi connectivity index (χ4v) is 2.96. The molecule has 5 heteroatoms. The van der Waals surface area contributed by atoms with E-state index in [1.165, 1.54) is 0 Å². The van der Waals surface area contributed by atoms with Crippen molar-refractivity contribution in [3.05, 3.63) is 34.3 Å². The van der Waals surface area contributed by atoms with Crippen LogP contribution >= 0.6 is 15.9 Å². The van der Waals surface area contributed by atoms with Crippen LogP contribution in [0.3, 0.4) is 0 Å². The highest BCUT2D eigenvalue weighted by molar-refractivity contribution is 9.10. The SMILES string of the molecule is CC1(C(N)=O)CCN(CCCC(=O)c2ccc(Br)cc2)C1. The molecule has 1 saturated heterocycles. The van der Waals surface area contributed by atoms with Gasteiger partial charge in [0, 0.05) is 23.0 Å². The zero-order valence-electron chi connectivity index (χ0n) is 12.3. The number of hydrogen-bond donors (Lipinski definition) is 1. The Bertz CT molecular complexity index is 530. The monoisotopic (exact) mass is 352 g/mol. The number of carbonyl (C=O) groups is 2. The summed E-state index contributed by atoms with van der Waals surface area (Å²) in [5, 5.41) is 0. The zero-order chi connectivity index (χ0) is 15.5. The number of nitrogens with two attached hydrogens (primary N) is 1. The van der Waals surface area contributed by atoms with E-state index >= 15 is 0 Å². The van der Waals surface area contributed by atoms with Crippen molar-refractivity contribution in [3.63, 3.8) is 0 Å². The van der Waals surface area contributed by atoms with E-state index in [1.807, 2.05) is 31.2 Å². The van der Waals surface area contributed by atoms with Gasteiger partial charge in [-0.25, -0.2) is 0 Å². The van der Waals surface area contributed by atoms with Crippen molar-refractivity contribution in [2.24, 2.45) is 11.1 Å². The Morgan fingerprint density at radius 3 is 2.57 bits per heavy atom. The number of primary amides is 1. The van der Waals surface area contributed by atoms with E-state index in [-0.39, 0.29) is 11.7 Å². The molecule has 21 heavy (non-hydrogen) atoms. The van der Waals surface area contributed by atoms with Crippen molar-refractivity contribution in [2.45, 2.75) is 26.2 Å². The van der Waals surface area contributed by atoms with Crippen LogP contribution in [-0.2, 0) is 4.79 Å². The molecule has 1 heterocycles. The molecule has 2 N–H and O–H groups in total. The van der Waals surface area contributed by atoms with E-state index in [2.05, 4.69) is 20.8 Å². The number of amides is 1. The molecule has 0 spiro atoms. The molecule has 114 valence electrons. The third kappa shape index (κ3) is 4.14. The maximum Gasteiger partial charge on any atom is 0.224 e. The maximum atomic E-state index is 12.1. The Balaban J connectivity index is 1.76. The summed E-state index contributed by atoms with van der Waals surface area (Å²) in [6.45, 7) is 4.34. The minimum absolute atomic E-state index is 0.166. The van der Waals surface area contributed by atoms with Crippen LogP contribution in [0.25, 0.3) is 0 Å². The van der Waals surface area contributed by atoms with Gasteiger partial charge in [-0.1, -0.05) is 28.1 Å². The molecular formula is C16H21BrN2O2. The minimum atomic E-state index is -0.407. The number of halogens is 1. The summed E-state index contributed by atoms with van der Waals surface area (Å²) in [5.74, 6) is -0.0599. The van der Waals surface area contributed by atoms with Crippen molar-refractivity contribution >= 4 is 27.6 Å². The lowest BCUT2D eigenvalue weighted by Gasteiger charge is -2.20. The topological polar surface area (TPSA) is 63.4 Å². The van der Waals surface area contributed by atoms with Crippen LogP contribution < -0.4 is 5.73 Å². The molecule has 1 aromatic rings. The van der Waals surface area contributed by atoms with Gasteiger partial charge in [0.05, 0.1) is 5.41 Å². The van der Waals surface area contributed by atoms with Gasteiger partial charge in [0.1, 0.15) is 0 Å². The highest BCUT2D eigenvalue weighted by atomic mass is 79.9. The van der Waals surface area contributed by atoms with E-state index in [4.69, 9.17) is 5.73 Å². The minimum Gasteiger partial charge on any atom is -0.369 e. The predicted octanol–water partition coefficient (Wildman–Crippen LogP) is 2.61. The fourth-order valence-electron chi connectivity index (χ4n) is 2.69. The molecule has 4 nitrogen and oxygen atoms in total. The molecule has 0 aliphatic carbocycles. The van der Waals surface area contributed by atoms with E-state index in [9.17, 15) is 9.59 Å². The first-order valence-electron chi connectivity index (χ1n) is 7.22. The first kappa shape index (κ1) is 16.2. The number of Topliss-reactive ketones (excluding diaryl/α,β-unsaturated/α-hetero) is 1. The Labute approximate surface area is 133 Å². The summed E-state index contributed by atoms with van der Waals surface area (Å²) in [6.07, 6.45) is 2.15. The molecular weight excluding hydrogens is 332 g/mol. The largest absolute Gasteiger partial charge is 0.369 e. The quantitative estimate of drug-likeness (QED) is 0.800. The summed E-state index contributed by atoms with van der Waals surface area (Å²) >= 11 is 3.36. The lowest BCUT2D eigenvalue weighted by atomic mass is 9.89. The van der Waals surface area contributed by atoms with Gasteiger partial charge in [-0.2, -0.15) is 0 Å². The number of ketones is 1. The van der Waals surface area contributed by atoms with Gasteiger partial charge >= 0.3 is 0 Å². The number of hydrogen-bond acceptors (Lipinski definition) is 3. The van der Waals surface area contributed by atoms with Gasteiger partial charge in [-0.05, 0) is 45.0 Å². The number of benzene rings is 1. The van der Waals surface area contributed by atoms with Crippen LogP contribution in [0.4, 0.5) is 0 Å². The third-order valence-electron chi connectivity index (χ3n) is 4.19. The number of nitrogens with zero attached hydrogens (tertiary/aromatic N) is 1. The van der Waals surface area contributed by atoms with Gasteiger partial charge in [0.2, 0.25) is 5.91 Å². The predicted molar refractivity (Wildman–Crippen MR) is 86.1 cm³/mol. The summed E-state index contributed by atoms with van der Waals surface area (Å²) in [7, 11) is 0. The van der Waals surface area contributed by atoms with E-state index in [1.54, 1.807) is 0 Å². The average molecular weight is 353 g/mol. The first-order valence-corrected chi connectivity index (χ1v) is 8.01. The second-order valence-electron chi connectivity index (χ2n) is 5.98. The molecule has 1 aliphatic rings. The normalized spacial score (nSPS) is 22.4. The van der Waals surface area contributed by atoms with Crippen molar-refractivity contribution < 1.29 is 9.59 Å². The molecule has 1 aliphatic heterocycles. The van der Waals surface area contributed by atoms with Crippen LogP contribution in [0, 0.1) is 5.41 Å². The summed E-state index contributed by atoms with van der Waals surface area (Å²) in [5.41, 5.74) is 5.78. The van der Waals surface area contributed by atoms with Crippen molar-refractivity contribution in [3.8, 4) is 0 Å². The van der Waals surface area contributed by atoms with Gasteiger partial charge in [-0.3, -0.25) is 9.59 Å².